The molecule has 5 heteroatoms. The molecule has 0 spiro atoms. The molecule has 27 heavy (non-hydrogen) atoms. The van der Waals surface area contributed by atoms with Gasteiger partial charge in [-0.1, -0.05) is 60.7 Å². The fourth-order valence-electron chi connectivity index (χ4n) is 3.63. The molecular formula is C22H28ClNO3. The molecule has 2 N–H and O–H groups in total. The van der Waals surface area contributed by atoms with Gasteiger partial charge in [-0.15, -0.1) is 12.4 Å². The molecule has 1 saturated heterocycles. The molecule has 3 rings (SSSR count). The van der Waals surface area contributed by atoms with Crippen molar-refractivity contribution in [2.45, 2.75) is 31.9 Å². The van der Waals surface area contributed by atoms with Crippen molar-refractivity contribution in [3.05, 3.63) is 71.8 Å². The molecule has 1 heterocycles. The summed E-state index contributed by atoms with van der Waals surface area (Å²) in [4.78, 5) is 12.2. The van der Waals surface area contributed by atoms with E-state index >= 15 is 0 Å². The number of halogens is 1. The highest BCUT2D eigenvalue weighted by Gasteiger charge is 2.33. The maximum Gasteiger partial charge on any atom is 0.325 e. The third-order valence-electron chi connectivity index (χ3n) is 5.10. The minimum absolute atomic E-state index is 0. The quantitative estimate of drug-likeness (QED) is 0.814. The van der Waals surface area contributed by atoms with E-state index < -0.39 is 6.04 Å². The van der Waals surface area contributed by atoms with Crippen LogP contribution in [0.5, 0.6) is 0 Å². The molecular weight excluding hydrogens is 362 g/mol. The first-order valence-corrected chi connectivity index (χ1v) is 9.25. The van der Waals surface area contributed by atoms with Gasteiger partial charge in [0.25, 0.3) is 0 Å². The van der Waals surface area contributed by atoms with Crippen LogP contribution in [0.4, 0.5) is 0 Å². The Labute approximate surface area is 167 Å². The number of nitrogens with two attached hydrogens (primary N) is 1. The van der Waals surface area contributed by atoms with Crippen LogP contribution in [0.3, 0.4) is 0 Å². The summed E-state index contributed by atoms with van der Waals surface area (Å²) in [6.07, 6.45) is 1.50. The van der Waals surface area contributed by atoms with Crippen molar-refractivity contribution in [3.8, 4) is 0 Å². The SMILES string of the molecule is C[C@@H]1OC(=O)[C@@H](N)COC[C@H](Cc2ccccc2)[C@H]1Cc1ccccc1.Cl. The van der Waals surface area contributed by atoms with Crippen LogP contribution in [-0.2, 0) is 27.1 Å². The molecule has 146 valence electrons. The first-order valence-electron chi connectivity index (χ1n) is 9.25. The van der Waals surface area contributed by atoms with Gasteiger partial charge in [0.2, 0.25) is 0 Å². The summed E-state index contributed by atoms with van der Waals surface area (Å²) in [5.41, 5.74) is 8.38. The molecule has 0 radical (unpaired) electrons. The van der Waals surface area contributed by atoms with Crippen molar-refractivity contribution in [2.75, 3.05) is 13.2 Å². The second kappa shape index (κ2) is 10.5. The average Bonchev–Trinajstić information content (AvgIpc) is 2.70. The standard InChI is InChI=1S/C22H27NO3.ClH/c1-16-20(13-18-10-6-3-7-11-18)19(12-17-8-4-2-5-9-17)14-25-15-21(23)22(24)26-16;/h2-11,16,19-21H,12-15,23H2,1H3;1H/t16-,19-,20-,21-;/m0./s1. The molecule has 2 aromatic rings. The normalized spacial score (nSPS) is 26.1. The molecule has 4 nitrogen and oxygen atoms in total. The Kier molecular flexibility index (Phi) is 8.29. The van der Waals surface area contributed by atoms with Gasteiger partial charge in [0.05, 0.1) is 13.2 Å². The smallest absolute Gasteiger partial charge is 0.325 e. The molecule has 0 amide bonds. The van der Waals surface area contributed by atoms with Crippen LogP contribution in [0, 0.1) is 11.8 Å². The van der Waals surface area contributed by atoms with E-state index in [9.17, 15) is 4.79 Å². The van der Waals surface area contributed by atoms with E-state index in [4.69, 9.17) is 15.2 Å². The lowest BCUT2D eigenvalue weighted by atomic mass is 9.80. The zero-order valence-corrected chi connectivity index (χ0v) is 16.4. The van der Waals surface area contributed by atoms with Crippen LogP contribution >= 0.6 is 12.4 Å². The van der Waals surface area contributed by atoms with Crippen molar-refractivity contribution in [2.24, 2.45) is 17.6 Å². The number of rotatable bonds is 4. The van der Waals surface area contributed by atoms with Gasteiger partial charge >= 0.3 is 5.97 Å². The van der Waals surface area contributed by atoms with Crippen molar-refractivity contribution in [1.29, 1.82) is 0 Å². The van der Waals surface area contributed by atoms with E-state index in [1.807, 2.05) is 31.2 Å². The Morgan fingerprint density at radius 3 is 2.07 bits per heavy atom. The van der Waals surface area contributed by atoms with E-state index in [1.54, 1.807) is 0 Å². The lowest BCUT2D eigenvalue weighted by Gasteiger charge is -2.31. The van der Waals surface area contributed by atoms with Crippen LogP contribution in [0.2, 0.25) is 0 Å². The van der Waals surface area contributed by atoms with E-state index in [1.165, 1.54) is 11.1 Å². The molecule has 4 atom stereocenters. The highest BCUT2D eigenvalue weighted by molar-refractivity contribution is 5.85. The van der Waals surface area contributed by atoms with Crippen molar-refractivity contribution < 1.29 is 14.3 Å². The summed E-state index contributed by atoms with van der Waals surface area (Å²) in [6.45, 7) is 2.75. The number of benzene rings is 2. The van der Waals surface area contributed by atoms with E-state index in [0.29, 0.717) is 6.61 Å². The topological polar surface area (TPSA) is 61.5 Å². The fraction of sp³-hybridized carbons (Fsp3) is 0.409. The summed E-state index contributed by atoms with van der Waals surface area (Å²) in [7, 11) is 0. The molecule has 0 aliphatic carbocycles. The fourth-order valence-corrected chi connectivity index (χ4v) is 3.63. The van der Waals surface area contributed by atoms with Gasteiger partial charge in [0, 0.05) is 5.92 Å². The Morgan fingerprint density at radius 1 is 0.926 bits per heavy atom. The summed E-state index contributed by atoms with van der Waals surface area (Å²) in [5.74, 6) is 0.0217. The second-order valence-electron chi connectivity index (χ2n) is 7.09. The van der Waals surface area contributed by atoms with Crippen molar-refractivity contribution in [3.63, 3.8) is 0 Å². The number of carbonyl (C=O) groups excluding carboxylic acids is 1. The lowest BCUT2D eigenvalue weighted by molar-refractivity contribution is -0.153. The molecule has 0 bridgehead atoms. The predicted molar refractivity (Wildman–Crippen MR) is 109 cm³/mol. The summed E-state index contributed by atoms with van der Waals surface area (Å²) in [5, 5.41) is 0. The minimum atomic E-state index is -0.717. The monoisotopic (exact) mass is 389 g/mol. The van der Waals surface area contributed by atoms with Crippen molar-refractivity contribution >= 4 is 18.4 Å². The van der Waals surface area contributed by atoms with E-state index in [0.717, 1.165) is 12.8 Å². The predicted octanol–water partition coefficient (Wildman–Crippen LogP) is 3.42. The first kappa shape index (κ1) is 21.4. The molecule has 1 aliphatic rings. The van der Waals surface area contributed by atoms with Crippen molar-refractivity contribution in [1.82, 2.24) is 0 Å². The highest BCUT2D eigenvalue weighted by Crippen LogP contribution is 2.28. The van der Waals surface area contributed by atoms with Gasteiger partial charge in [0.15, 0.2) is 0 Å². The van der Waals surface area contributed by atoms with Crippen LogP contribution in [0.25, 0.3) is 0 Å². The van der Waals surface area contributed by atoms with Gasteiger partial charge in [-0.25, -0.2) is 0 Å². The zero-order chi connectivity index (χ0) is 18.4. The zero-order valence-electron chi connectivity index (χ0n) is 15.6. The minimum Gasteiger partial charge on any atom is -0.461 e. The van der Waals surface area contributed by atoms with E-state index in [-0.39, 0.29) is 42.9 Å². The summed E-state index contributed by atoms with van der Waals surface area (Å²) < 4.78 is 11.5. The van der Waals surface area contributed by atoms with E-state index in [2.05, 4.69) is 36.4 Å². The highest BCUT2D eigenvalue weighted by atomic mass is 35.5. The van der Waals surface area contributed by atoms with Gasteiger partial charge in [-0.05, 0) is 36.8 Å². The Morgan fingerprint density at radius 2 is 1.48 bits per heavy atom. The Bertz CT molecular complexity index is 695. The third-order valence-corrected chi connectivity index (χ3v) is 5.10. The first-order chi connectivity index (χ1) is 12.6. The second-order valence-corrected chi connectivity index (χ2v) is 7.09. The molecule has 0 unspecified atom stereocenters. The van der Waals surface area contributed by atoms with Crippen LogP contribution in [0.15, 0.2) is 60.7 Å². The maximum atomic E-state index is 12.2. The Balaban J connectivity index is 0.00000261. The number of hydrogen-bond acceptors (Lipinski definition) is 4. The molecule has 1 aliphatic heterocycles. The van der Waals surface area contributed by atoms with Gasteiger partial charge in [0.1, 0.15) is 12.1 Å². The Hall–Kier alpha value is -1.88. The largest absolute Gasteiger partial charge is 0.461 e. The molecule has 2 aromatic carbocycles. The van der Waals surface area contributed by atoms with Gasteiger partial charge in [-0.3, -0.25) is 4.79 Å². The number of carbonyl (C=O) groups is 1. The molecule has 0 aromatic heterocycles. The molecule has 1 fully saturated rings. The summed E-state index contributed by atoms with van der Waals surface area (Å²) >= 11 is 0. The number of ether oxygens (including phenoxy) is 2. The number of cyclic esters (lactones) is 1. The van der Waals surface area contributed by atoms with Crippen LogP contribution in [0.1, 0.15) is 18.1 Å². The lowest BCUT2D eigenvalue weighted by Crippen LogP contribution is -2.39. The summed E-state index contributed by atoms with van der Waals surface area (Å²) in [6, 6.07) is 20.0. The maximum absolute atomic E-state index is 12.2. The van der Waals surface area contributed by atoms with Gasteiger partial charge < -0.3 is 15.2 Å². The van der Waals surface area contributed by atoms with Gasteiger partial charge in [-0.2, -0.15) is 0 Å². The number of hydrogen-bond donors (Lipinski definition) is 1. The average molecular weight is 390 g/mol. The number of esters is 1. The third kappa shape index (κ3) is 6.06. The van der Waals surface area contributed by atoms with Crippen LogP contribution < -0.4 is 5.73 Å². The molecule has 0 saturated carbocycles. The van der Waals surface area contributed by atoms with Crippen LogP contribution in [-0.4, -0.2) is 31.3 Å².